The molecule has 10 heavy (non-hydrogen) atoms. The van der Waals surface area contributed by atoms with Crippen molar-refractivity contribution in [1.29, 1.82) is 0 Å². The minimum absolute atomic E-state index is 0.467. The van der Waals surface area contributed by atoms with Gasteiger partial charge in [-0.3, -0.25) is 0 Å². The summed E-state index contributed by atoms with van der Waals surface area (Å²) in [5.41, 5.74) is 5.32. The molecule has 0 bridgehead atoms. The molecule has 1 atom stereocenters. The van der Waals surface area contributed by atoms with E-state index in [1.165, 1.54) is 0 Å². The average Bonchev–Trinajstić information content (AvgIpc) is 2.34. The number of rotatable bonds is 2. The zero-order valence-corrected chi connectivity index (χ0v) is 6.77. The maximum Gasteiger partial charge on any atom is 0.169 e. The third-order valence-corrected chi connectivity index (χ3v) is 1.55. The number of halogens is 2. The van der Waals surface area contributed by atoms with Crippen molar-refractivity contribution in [3.05, 3.63) is 22.6 Å². The van der Waals surface area contributed by atoms with Crippen LogP contribution in [0, 0.1) is 0 Å². The molecule has 4 heteroatoms. The molecule has 0 radical (unpaired) electrons. The Morgan fingerprint density at radius 3 is 2.80 bits per heavy atom. The van der Waals surface area contributed by atoms with Gasteiger partial charge in [0.2, 0.25) is 0 Å². The van der Waals surface area contributed by atoms with Crippen LogP contribution in [-0.4, -0.2) is 6.67 Å². The fourth-order valence-corrected chi connectivity index (χ4v) is 0.923. The summed E-state index contributed by atoms with van der Waals surface area (Å²) in [5, 5.41) is 0. The van der Waals surface area contributed by atoms with Crippen molar-refractivity contribution in [2.45, 2.75) is 6.04 Å². The van der Waals surface area contributed by atoms with Crippen molar-refractivity contribution in [3.63, 3.8) is 0 Å². The fourth-order valence-electron chi connectivity index (χ4n) is 0.604. The van der Waals surface area contributed by atoms with Gasteiger partial charge in [0.15, 0.2) is 4.67 Å². The van der Waals surface area contributed by atoms with Crippen LogP contribution in [0.5, 0.6) is 0 Å². The largest absolute Gasteiger partial charge is 0.453 e. The zero-order chi connectivity index (χ0) is 7.56. The highest BCUT2D eigenvalue weighted by Crippen LogP contribution is 2.18. The lowest BCUT2D eigenvalue weighted by molar-refractivity contribution is 0.375. The minimum atomic E-state index is -0.633. The van der Waals surface area contributed by atoms with E-state index < -0.39 is 12.7 Å². The number of nitrogens with two attached hydrogens (primary N) is 1. The van der Waals surface area contributed by atoms with E-state index in [1.54, 1.807) is 12.1 Å². The lowest BCUT2D eigenvalue weighted by atomic mass is 10.3. The molecule has 0 saturated carbocycles. The lowest BCUT2D eigenvalue weighted by Crippen LogP contribution is -2.10. The Bertz CT molecular complexity index is 213. The second-order valence-electron chi connectivity index (χ2n) is 1.90. The van der Waals surface area contributed by atoms with Crippen molar-refractivity contribution in [1.82, 2.24) is 0 Å². The summed E-state index contributed by atoms with van der Waals surface area (Å²) in [6.45, 7) is -0.597. The maximum atomic E-state index is 11.9. The average molecular weight is 208 g/mol. The highest BCUT2D eigenvalue weighted by Gasteiger charge is 2.08. The highest BCUT2D eigenvalue weighted by atomic mass is 79.9. The van der Waals surface area contributed by atoms with Crippen molar-refractivity contribution in [2.75, 3.05) is 6.67 Å². The molecule has 0 fully saturated rings. The molecule has 0 unspecified atom stereocenters. The molecule has 0 aliphatic carbocycles. The van der Waals surface area contributed by atoms with Crippen LogP contribution in [0.4, 0.5) is 4.39 Å². The molecule has 1 aromatic rings. The van der Waals surface area contributed by atoms with E-state index in [4.69, 9.17) is 10.2 Å². The molecule has 1 aromatic heterocycles. The van der Waals surface area contributed by atoms with Gasteiger partial charge in [0, 0.05) is 0 Å². The molecule has 2 nitrogen and oxygen atoms in total. The second-order valence-corrected chi connectivity index (χ2v) is 2.68. The molecule has 0 aromatic carbocycles. The van der Waals surface area contributed by atoms with E-state index in [2.05, 4.69) is 15.9 Å². The predicted molar refractivity (Wildman–Crippen MR) is 39.3 cm³/mol. The predicted octanol–water partition coefficient (Wildman–Crippen LogP) is 2.01. The molecule has 0 spiro atoms. The summed E-state index contributed by atoms with van der Waals surface area (Å²) in [6.07, 6.45) is 0. The number of hydrogen-bond donors (Lipinski definition) is 1. The first-order chi connectivity index (χ1) is 4.74. The Morgan fingerprint density at radius 2 is 2.40 bits per heavy atom. The fraction of sp³-hybridized carbons (Fsp3) is 0.333. The van der Waals surface area contributed by atoms with Gasteiger partial charge in [-0.05, 0) is 28.1 Å². The summed E-state index contributed by atoms with van der Waals surface area (Å²) < 4.78 is 17.4. The Labute approximate surface area is 66.3 Å². The first kappa shape index (κ1) is 7.75. The van der Waals surface area contributed by atoms with Gasteiger partial charge in [-0.25, -0.2) is 4.39 Å². The summed E-state index contributed by atoms with van der Waals surface area (Å²) in [7, 11) is 0. The van der Waals surface area contributed by atoms with Crippen LogP contribution in [0.15, 0.2) is 21.2 Å². The third-order valence-electron chi connectivity index (χ3n) is 1.13. The van der Waals surface area contributed by atoms with Gasteiger partial charge in [-0.2, -0.15) is 0 Å². The number of alkyl halides is 1. The van der Waals surface area contributed by atoms with Crippen LogP contribution in [0.1, 0.15) is 11.8 Å². The Kier molecular flexibility index (Phi) is 2.45. The van der Waals surface area contributed by atoms with E-state index in [0.717, 1.165) is 0 Å². The molecule has 0 amide bonds. The van der Waals surface area contributed by atoms with Gasteiger partial charge in [-0.15, -0.1) is 0 Å². The summed E-state index contributed by atoms with van der Waals surface area (Å²) in [4.78, 5) is 0. The normalized spacial score (nSPS) is 13.5. The molecule has 56 valence electrons. The van der Waals surface area contributed by atoms with E-state index in [0.29, 0.717) is 10.4 Å². The van der Waals surface area contributed by atoms with Gasteiger partial charge in [0.05, 0.1) is 6.04 Å². The molecular weight excluding hydrogens is 201 g/mol. The zero-order valence-electron chi connectivity index (χ0n) is 5.18. The molecule has 0 aliphatic rings. The summed E-state index contributed by atoms with van der Waals surface area (Å²) in [5.74, 6) is 0.467. The van der Waals surface area contributed by atoms with Crippen LogP contribution in [-0.2, 0) is 0 Å². The standard InChI is InChI=1S/C6H7BrFNO/c7-6-2-1-5(10-6)4(9)3-8/h1-2,4H,3,9H2/t4-/m1/s1. The minimum Gasteiger partial charge on any atom is -0.453 e. The Morgan fingerprint density at radius 1 is 1.70 bits per heavy atom. The van der Waals surface area contributed by atoms with E-state index >= 15 is 0 Å². The van der Waals surface area contributed by atoms with Gasteiger partial charge in [-0.1, -0.05) is 0 Å². The summed E-state index contributed by atoms with van der Waals surface area (Å²) in [6, 6.07) is 2.70. The quantitative estimate of drug-likeness (QED) is 0.807. The van der Waals surface area contributed by atoms with Crippen molar-refractivity contribution in [3.8, 4) is 0 Å². The molecule has 2 N–H and O–H groups in total. The lowest BCUT2D eigenvalue weighted by Gasteiger charge is -1.99. The first-order valence-electron chi connectivity index (χ1n) is 2.81. The van der Waals surface area contributed by atoms with Gasteiger partial charge in [0.25, 0.3) is 0 Å². The van der Waals surface area contributed by atoms with Crippen LogP contribution < -0.4 is 5.73 Å². The smallest absolute Gasteiger partial charge is 0.169 e. The van der Waals surface area contributed by atoms with Gasteiger partial charge < -0.3 is 10.2 Å². The van der Waals surface area contributed by atoms with Crippen LogP contribution >= 0.6 is 15.9 Å². The Hall–Kier alpha value is -0.350. The van der Waals surface area contributed by atoms with Crippen molar-refractivity contribution < 1.29 is 8.81 Å². The Balaban J connectivity index is 2.74. The van der Waals surface area contributed by atoms with Gasteiger partial charge >= 0.3 is 0 Å². The highest BCUT2D eigenvalue weighted by molar-refractivity contribution is 9.10. The molecule has 0 saturated heterocycles. The maximum absolute atomic E-state index is 11.9. The van der Waals surface area contributed by atoms with E-state index in [1.807, 2.05) is 0 Å². The van der Waals surface area contributed by atoms with Crippen LogP contribution in [0.2, 0.25) is 0 Å². The van der Waals surface area contributed by atoms with Crippen molar-refractivity contribution in [2.24, 2.45) is 5.73 Å². The SMILES string of the molecule is N[C@H](CF)c1ccc(Br)o1. The van der Waals surface area contributed by atoms with Crippen LogP contribution in [0.3, 0.4) is 0 Å². The third kappa shape index (κ3) is 1.58. The van der Waals surface area contributed by atoms with E-state index in [-0.39, 0.29) is 0 Å². The summed E-state index contributed by atoms with van der Waals surface area (Å²) >= 11 is 3.08. The topological polar surface area (TPSA) is 39.2 Å². The molecule has 1 rings (SSSR count). The van der Waals surface area contributed by atoms with Gasteiger partial charge in [0.1, 0.15) is 12.4 Å². The van der Waals surface area contributed by atoms with Crippen molar-refractivity contribution >= 4 is 15.9 Å². The number of furan rings is 1. The monoisotopic (exact) mass is 207 g/mol. The molecule has 0 aliphatic heterocycles. The first-order valence-corrected chi connectivity index (χ1v) is 3.60. The second kappa shape index (κ2) is 3.16. The van der Waals surface area contributed by atoms with E-state index in [9.17, 15) is 4.39 Å². The molecular formula is C6H7BrFNO. The number of hydrogen-bond acceptors (Lipinski definition) is 2. The van der Waals surface area contributed by atoms with Crippen LogP contribution in [0.25, 0.3) is 0 Å². The molecule has 1 heterocycles.